The number of likely N-dealkylation sites (tertiary alicyclic amines) is 1. The normalized spacial score (nSPS) is 18.7. The van der Waals surface area contributed by atoms with Gasteiger partial charge in [-0.3, -0.25) is 9.59 Å². The Morgan fingerprint density at radius 1 is 1.11 bits per heavy atom. The molecule has 27 heavy (non-hydrogen) atoms. The smallest absolute Gasteiger partial charge is 0.248 e. The number of nitrogens with zero attached hydrogens (tertiary/aromatic N) is 2. The Balaban J connectivity index is 1.67. The summed E-state index contributed by atoms with van der Waals surface area (Å²) in [5, 5.41) is 1.23. The number of carbonyl (C=O) groups is 2. The van der Waals surface area contributed by atoms with Crippen LogP contribution in [-0.2, 0) is 22.6 Å². The molecule has 0 saturated carbocycles. The van der Waals surface area contributed by atoms with E-state index in [2.05, 4.69) is 0 Å². The molecule has 1 aliphatic rings. The fourth-order valence-electron chi connectivity index (χ4n) is 3.43. The van der Waals surface area contributed by atoms with Crippen molar-refractivity contribution in [2.45, 2.75) is 31.8 Å². The first kappa shape index (κ1) is 19.7. The van der Waals surface area contributed by atoms with Gasteiger partial charge < -0.3 is 9.80 Å². The van der Waals surface area contributed by atoms with Gasteiger partial charge >= 0.3 is 0 Å². The summed E-state index contributed by atoms with van der Waals surface area (Å²) >= 11 is 12.1. The molecule has 3 rings (SSSR count). The van der Waals surface area contributed by atoms with E-state index in [1.54, 1.807) is 35.0 Å². The monoisotopic (exact) mass is 404 g/mol. The molecule has 2 aromatic rings. The minimum absolute atomic E-state index is 0.0591. The summed E-state index contributed by atoms with van der Waals surface area (Å²) in [5.41, 5.74) is 0.965. The second-order valence-electron chi connectivity index (χ2n) is 7.13. The van der Waals surface area contributed by atoms with Crippen LogP contribution >= 0.6 is 23.2 Å². The molecule has 0 N–H and O–H groups in total. The second-order valence-corrected chi connectivity index (χ2v) is 7.97. The van der Waals surface area contributed by atoms with Crippen LogP contribution in [0.1, 0.15) is 24.5 Å². The maximum Gasteiger partial charge on any atom is 0.248 e. The van der Waals surface area contributed by atoms with Gasteiger partial charge in [-0.25, -0.2) is 0 Å². The van der Waals surface area contributed by atoms with Crippen LogP contribution in [0.2, 0.25) is 10.0 Å². The van der Waals surface area contributed by atoms with E-state index in [0.717, 1.165) is 11.1 Å². The number of halogens is 2. The predicted molar refractivity (Wildman–Crippen MR) is 108 cm³/mol. The van der Waals surface area contributed by atoms with Gasteiger partial charge in [0.25, 0.3) is 0 Å². The molecule has 6 heteroatoms. The summed E-state index contributed by atoms with van der Waals surface area (Å²) in [4.78, 5) is 29.1. The molecule has 1 saturated heterocycles. The average Bonchev–Trinajstić information content (AvgIpc) is 2.63. The molecule has 2 amide bonds. The van der Waals surface area contributed by atoms with Crippen LogP contribution in [0.25, 0.3) is 0 Å². The van der Waals surface area contributed by atoms with Crippen molar-refractivity contribution in [2.24, 2.45) is 0 Å². The van der Waals surface area contributed by atoms with Gasteiger partial charge in [0.2, 0.25) is 11.8 Å². The van der Waals surface area contributed by atoms with Crippen LogP contribution < -0.4 is 0 Å². The molecule has 0 radical (unpaired) electrons. The first-order chi connectivity index (χ1) is 12.8. The first-order valence-electron chi connectivity index (χ1n) is 8.85. The zero-order valence-corrected chi connectivity index (χ0v) is 16.9. The van der Waals surface area contributed by atoms with Gasteiger partial charge in [-0.15, -0.1) is 0 Å². The van der Waals surface area contributed by atoms with Gasteiger partial charge in [0.1, 0.15) is 5.54 Å². The average molecular weight is 405 g/mol. The molecule has 0 spiro atoms. The molecule has 0 aliphatic carbocycles. The van der Waals surface area contributed by atoms with Crippen molar-refractivity contribution in [3.63, 3.8) is 0 Å². The molecule has 1 aliphatic heterocycles. The van der Waals surface area contributed by atoms with Crippen molar-refractivity contribution in [2.75, 3.05) is 13.6 Å². The Morgan fingerprint density at radius 3 is 2.37 bits per heavy atom. The van der Waals surface area contributed by atoms with Gasteiger partial charge in [0.15, 0.2) is 0 Å². The van der Waals surface area contributed by atoms with E-state index in [-0.39, 0.29) is 18.2 Å². The van der Waals surface area contributed by atoms with Crippen LogP contribution in [0.4, 0.5) is 0 Å². The van der Waals surface area contributed by atoms with E-state index in [1.807, 2.05) is 37.3 Å². The minimum Gasteiger partial charge on any atom is -0.339 e. The van der Waals surface area contributed by atoms with Crippen LogP contribution in [0, 0.1) is 0 Å². The summed E-state index contributed by atoms with van der Waals surface area (Å²) < 4.78 is 0. The number of benzene rings is 2. The summed E-state index contributed by atoms with van der Waals surface area (Å²) in [5.74, 6) is -0.138. The molecule has 1 unspecified atom stereocenters. The number of hydrogen-bond acceptors (Lipinski definition) is 2. The van der Waals surface area contributed by atoms with E-state index in [1.165, 1.54) is 0 Å². The van der Waals surface area contributed by atoms with E-state index in [0.29, 0.717) is 29.6 Å². The Kier molecular flexibility index (Phi) is 5.78. The largest absolute Gasteiger partial charge is 0.339 e. The van der Waals surface area contributed by atoms with Gasteiger partial charge in [-0.2, -0.15) is 0 Å². The lowest BCUT2D eigenvalue weighted by Crippen LogP contribution is -2.67. The molecule has 2 aromatic carbocycles. The second kappa shape index (κ2) is 7.91. The Bertz CT molecular complexity index is 854. The van der Waals surface area contributed by atoms with Gasteiger partial charge in [0, 0.05) is 30.2 Å². The van der Waals surface area contributed by atoms with Crippen molar-refractivity contribution in [1.29, 1.82) is 0 Å². The lowest BCUT2D eigenvalue weighted by Gasteiger charge is -2.50. The van der Waals surface area contributed by atoms with Crippen molar-refractivity contribution in [3.8, 4) is 0 Å². The Hall–Kier alpha value is -2.04. The third kappa shape index (κ3) is 4.12. The Labute approximate surface area is 169 Å². The predicted octanol–water partition coefficient (Wildman–Crippen LogP) is 4.19. The summed E-state index contributed by atoms with van der Waals surface area (Å²) in [6.45, 7) is 2.89. The number of amides is 2. The van der Waals surface area contributed by atoms with Crippen LogP contribution in [-0.4, -0.2) is 40.7 Å². The molecule has 1 atom stereocenters. The van der Waals surface area contributed by atoms with Crippen molar-refractivity contribution in [1.82, 2.24) is 9.80 Å². The lowest BCUT2D eigenvalue weighted by molar-refractivity contribution is -0.163. The lowest BCUT2D eigenvalue weighted by atomic mass is 9.84. The highest BCUT2D eigenvalue weighted by atomic mass is 35.5. The molecule has 142 valence electrons. The summed E-state index contributed by atoms with van der Waals surface area (Å²) in [6.07, 6.45) is 0.856. The molecular formula is C21H22Cl2N2O2. The molecule has 1 fully saturated rings. The van der Waals surface area contributed by atoms with Crippen LogP contribution in [0.5, 0.6) is 0 Å². The molecular weight excluding hydrogens is 383 g/mol. The van der Waals surface area contributed by atoms with E-state index < -0.39 is 5.54 Å². The fourth-order valence-corrected chi connectivity index (χ4v) is 3.76. The summed E-state index contributed by atoms with van der Waals surface area (Å²) in [6, 6.07) is 14.7. The zero-order chi connectivity index (χ0) is 19.6. The topological polar surface area (TPSA) is 40.6 Å². The zero-order valence-electron chi connectivity index (χ0n) is 15.4. The Morgan fingerprint density at radius 2 is 1.78 bits per heavy atom. The van der Waals surface area contributed by atoms with Gasteiger partial charge in [-0.05, 0) is 42.7 Å². The standard InChI is InChI=1S/C21H22Cl2N2O2/c1-21(20(27)24(2)14-15-7-9-17(22)10-8-15)11-12-25(21)19(26)13-16-5-3-4-6-18(16)23/h3-10H,11-14H2,1-2H3. The fraction of sp³-hybridized carbons (Fsp3) is 0.333. The quantitative estimate of drug-likeness (QED) is 0.749. The van der Waals surface area contributed by atoms with Crippen molar-refractivity contribution < 1.29 is 9.59 Å². The van der Waals surface area contributed by atoms with E-state index in [4.69, 9.17) is 23.2 Å². The third-order valence-electron chi connectivity index (χ3n) is 5.16. The number of rotatable bonds is 5. The first-order valence-corrected chi connectivity index (χ1v) is 9.61. The van der Waals surface area contributed by atoms with E-state index in [9.17, 15) is 9.59 Å². The molecule has 0 bridgehead atoms. The van der Waals surface area contributed by atoms with Crippen LogP contribution in [0.3, 0.4) is 0 Å². The van der Waals surface area contributed by atoms with Gasteiger partial charge in [-0.1, -0.05) is 53.5 Å². The van der Waals surface area contributed by atoms with Gasteiger partial charge in [0.05, 0.1) is 6.42 Å². The van der Waals surface area contributed by atoms with Crippen LogP contribution in [0.15, 0.2) is 48.5 Å². The number of carbonyl (C=O) groups excluding carboxylic acids is 2. The highest BCUT2D eigenvalue weighted by Crippen LogP contribution is 2.33. The maximum atomic E-state index is 13.0. The number of hydrogen-bond donors (Lipinski definition) is 0. The maximum absolute atomic E-state index is 13.0. The van der Waals surface area contributed by atoms with Crippen molar-refractivity contribution in [3.05, 3.63) is 69.7 Å². The molecule has 0 aromatic heterocycles. The highest BCUT2D eigenvalue weighted by Gasteiger charge is 2.50. The van der Waals surface area contributed by atoms with E-state index >= 15 is 0 Å². The third-order valence-corrected chi connectivity index (χ3v) is 5.78. The SMILES string of the molecule is CN(Cc1ccc(Cl)cc1)C(=O)C1(C)CCN1C(=O)Cc1ccccc1Cl. The minimum atomic E-state index is -0.806. The molecule has 4 nitrogen and oxygen atoms in total. The summed E-state index contributed by atoms with van der Waals surface area (Å²) in [7, 11) is 1.76. The highest BCUT2D eigenvalue weighted by molar-refractivity contribution is 6.31. The number of likely N-dealkylation sites (N-methyl/N-ethyl adjacent to an activating group) is 1. The van der Waals surface area contributed by atoms with Crippen molar-refractivity contribution >= 4 is 35.0 Å². The molecule has 1 heterocycles.